The molecule has 0 aliphatic carbocycles. The molecule has 0 spiro atoms. The number of hydrogen-bond acceptors (Lipinski definition) is 4. The average molecular weight is 275 g/mol. The fraction of sp³-hybridized carbons (Fsp3) is 0. The summed E-state index contributed by atoms with van der Waals surface area (Å²) in [6, 6.07) is 3.89. The number of anilines is 2. The van der Waals surface area contributed by atoms with E-state index < -0.39 is 5.82 Å². The summed E-state index contributed by atoms with van der Waals surface area (Å²) in [6.45, 7) is 0. The first-order valence-electron chi connectivity index (χ1n) is 4.51. The lowest BCUT2D eigenvalue weighted by Crippen LogP contribution is -1.97. The Bertz CT molecular complexity index is 565. The van der Waals surface area contributed by atoms with Gasteiger partial charge in [0.25, 0.3) is 5.02 Å². The summed E-state index contributed by atoms with van der Waals surface area (Å²) in [7, 11) is 0. The summed E-state index contributed by atoms with van der Waals surface area (Å²) in [5.41, 5.74) is 0.450. The van der Waals surface area contributed by atoms with E-state index in [1.807, 2.05) is 0 Å². The molecule has 1 heterocycles. The van der Waals surface area contributed by atoms with E-state index in [4.69, 9.17) is 23.2 Å². The van der Waals surface area contributed by atoms with Crippen LogP contribution in [0.1, 0.15) is 0 Å². The summed E-state index contributed by atoms with van der Waals surface area (Å²) in [6.07, 6.45) is 1.16. The molecule has 17 heavy (non-hydrogen) atoms. The van der Waals surface area contributed by atoms with Crippen LogP contribution in [0.2, 0.25) is 10.3 Å². The third kappa shape index (κ3) is 2.75. The van der Waals surface area contributed by atoms with E-state index >= 15 is 0 Å². The summed E-state index contributed by atoms with van der Waals surface area (Å²) < 4.78 is 12.8. The Hall–Kier alpha value is -1.59. The van der Waals surface area contributed by atoms with Crippen LogP contribution in [0, 0.1) is 17.4 Å². The maximum atomic E-state index is 12.8. The van der Waals surface area contributed by atoms with Crippen LogP contribution in [0.25, 0.3) is 0 Å². The Labute approximate surface area is 106 Å². The molecule has 7 heteroatoms. The van der Waals surface area contributed by atoms with Gasteiger partial charge in [0.05, 0.1) is 6.20 Å². The lowest BCUT2D eigenvalue weighted by molar-refractivity contribution is -0.287. The number of halogens is 3. The average Bonchev–Trinajstić information content (AvgIpc) is 2.27. The molecule has 88 valence electrons. The molecular formula is C10H7Cl2FN3O+. The fourth-order valence-electron chi connectivity index (χ4n) is 1.17. The summed E-state index contributed by atoms with van der Waals surface area (Å²) in [5.74, 6) is -0.485. The predicted octanol–water partition coefficient (Wildman–Crippen LogP) is 2.41. The highest BCUT2D eigenvalue weighted by molar-refractivity contribution is 6.28. The Kier molecular flexibility index (Phi) is 3.31. The second-order valence-corrected chi connectivity index (χ2v) is 3.92. The zero-order valence-electron chi connectivity index (χ0n) is 8.32. The smallest absolute Gasteiger partial charge is 0.251 e. The number of nitrogens with one attached hydrogen (secondary N) is 1. The molecule has 1 aromatic carbocycles. The molecule has 2 rings (SSSR count). The first-order chi connectivity index (χ1) is 8.06. The van der Waals surface area contributed by atoms with Crippen molar-refractivity contribution in [3.05, 3.63) is 40.5 Å². The molecule has 0 unspecified atom stereocenters. The standard InChI is InChI=1S/C10H6Cl2FN3O/c11-6-3-5(13)1-2-7(6)15-9-8(17)4-14-10(12)16-9/h1-4,11H,(H-,14,15,16,17)/p+1. The second kappa shape index (κ2) is 4.73. The lowest BCUT2D eigenvalue weighted by atomic mass is 10.3. The van der Waals surface area contributed by atoms with Gasteiger partial charge in [-0.15, -0.1) is 0 Å². The van der Waals surface area contributed by atoms with Gasteiger partial charge in [0.15, 0.2) is 23.2 Å². The number of rotatable bonds is 2. The quantitative estimate of drug-likeness (QED) is 0.826. The van der Waals surface area contributed by atoms with Gasteiger partial charge in [-0.3, -0.25) is 0 Å². The van der Waals surface area contributed by atoms with Gasteiger partial charge in [-0.25, -0.2) is 9.37 Å². The van der Waals surface area contributed by atoms with E-state index in [0.29, 0.717) is 5.69 Å². The highest BCUT2D eigenvalue weighted by Gasteiger charge is 2.12. The predicted molar refractivity (Wildman–Crippen MR) is 58.9 cm³/mol. The minimum atomic E-state index is -0.425. The number of hydrogen-bond donors (Lipinski definition) is 2. The van der Waals surface area contributed by atoms with Crippen LogP contribution in [0.15, 0.2) is 24.4 Å². The van der Waals surface area contributed by atoms with Gasteiger partial charge in [0, 0.05) is 6.07 Å². The molecule has 2 N–H and O–H groups in total. The van der Waals surface area contributed by atoms with Crippen molar-refractivity contribution in [1.82, 2.24) is 9.97 Å². The number of benzene rings is 1. The second-order valence-electron chi connectivity index (χ2n) is 3.14. The molecule has 0 saturated heterocycles. The van der Waals surface area contributed by atoms with Crippen LogP contribution in [-0.2, 0) is 0 Å². The summed E-state index contributed by atoms with van der Waals surface area (Å²) in [5, 5.41) is 12.5. The monoisotopic (exact) mass is 274 g/mol. The SMILES string of the molecule is Oc1cnc(Cl)nc1Nc1ccc(F)cc1[ClH+]. The fourth-order valence-corrected chi connectivity index (χ4v) is 1.54. The van der Waals surface area contributed by atoms with Crippen LogP contribution < -0.4 is 5.32 Å². The van der Waals surface area contributed by atoms with Gasteiger partial charge in [0.2, 0.25) is 5.28 Å². The molecule has 0 aliphatic rings. The van der Waals surface area contributed by atoms with Gasteiger partial charge in [0.1, 0.15) is 11.5 Å². The number of nitrogens with zero attached hydrogens (tertiary/aromatic N) is 2. The Morgan fingerprint density at radius 1 is 1.41 bits per heavy atom. The third-order valence-electron chi connectivity index (χ3n) is 1.94. The molecule has 0 amide bonds. The minimum Gasteiger partial charge on any atom is -0.503 e. The van der Waals surface area contributed by atoms with E-state index in [2.05, 4.69) is 15.3 Å². The molecule has 0 bridgehead atoms. The first kappa shape index (κ1) is 11.9. The topological polar surface area (TPSA) is 58.0 Å². The minimum absolute atomic E-state index is 0.0154. The largest absolute Gasteiger partial charge is 0.503 e. The van der Waals surface area contributed by atoms with Crippen LogP contribution in [-0.4, -0.2) is 15.1 Å². The molecule has 2 aromatic rings. The molecule has 0 atom stereocenters. The molecular weight excluding hydrogens is 268 g/mol. The lowest BCUT2D eigenvalue weighted by Gasteiger charge is -2.06. The first-order valence-corrected chi connectivity index (χ1v) is 5.30. The van der Waals surface area contributed by atoms with Crippen molar-refractivity contribution >= 4 is 23.1 Å². The van der Waals surface area contributed by atoms with Crippen LogP contribution in [0.5, 0.6) is 5.75 Å². The molecule has 1 aromatic heterocycles. The van der Waals surface area contributed by atoms with Gasteiger partial charge in [-0.05, 0) is 23.7 Å². The Balaban J connectivity index is 2.34. The van der Waals surface area contributed by atoms with Crippen molar-refractivity contribution in [1.29, 1.82) is 0 Å². The van der Waals surface area contributed by atoms with E-state index in [-0.39, 0.29) is 21.9 Å². The van der Waals surface area contributed by atoms with Gasteiger partial charge in [-0.1, -0.05) is 0 Å². The zero-order chi connectivity index (χ0) is 12.4. The van der Waals surface area contributed by atoms with E-state index in [0.717, 1.165) is 6.20 Å². The van der Waals surface area contributed by atoms with Crippen molar-refractivity contribution in [3.8, 4) is 5.75 Å². The van der Waals surface area contributed by atoms with Crippen LogP contribution in [0.4, 0.5) is 15.9 Å². The number of aromatic hydroxyl groups is 1. The van der Waals surface area contributed by atoms with Gasteiger partial charge >= 0.3 is 0 Å². The van der Waals surface area contributed by atoms with E-state index in [1.165, 1.54) is 18.2 Å². The molecule has 0 aliphatic heterocycles. The van der Waals surface area contributed by atoms with Gasteiger partial charge in [-0.2, -0.15) is 4.98 Å². The summed E-state index contributed by atoms with van der Waals surface area (Å²) in [4.78, 5) is 7.38. The Morgan fingerprint density at radius 3 is 2.88 bits per heavy atom. The van der Waals surface area contributed by atoms with Crippen molar-refractivity contribution in [2.45, 2.75) is 0 Å². The normalized spacial score (nSPS) is 10.3. The molecule has 4 nitrogen and oxygen atoms in total. The van der Waals surface area contributed by atoms with Crippen molar-refractivity contribution < 1.29 is 21.1 Å². The number of aromatic nitrogens is 2. The van der Waals surface area contributed by atoms with E-state index in [9.17, 15) is 9.50 Å². The summed E-state index contributed by atoms with van der Waals surface area (Å²) >= 11 is 10.5. The van der Waals surface area contributed by atoms with Crippen molar-refractivity contribution in [2.75, 3.05) is 5.32 Å². The maximum Gasteiger partial charge on any atom is 0.251 e. The van der Waals surface area contributed by atoms with Crippen molar-refractivity contribution in [3.63, 3.8) is 0 Å². The third-order valence-corrected chi connectivity index (χ3v) is 2.46. The molecule has 0 radical (unpaired) electrons. The van der Waals surface area contributed by atoms with Crippen LogP contribution >= 0.6 is 11.6 Å². The molecule has 0 saturated carbocycles. The van der Waals surface area contributed by atoms with E-state index in [1.54, 1.807) is 0 Å². The highest BCUT2D eigenvalue weighted by atomic mass is 35.5. The highest BCUT2D eigenvalue weighted by Crippen LogP contribution is 2.27. The Morgan fingerprint density at radius 2 is 2.18 bits per heavy atom. The van der Waals surface area contributed by atoms with Gasteiger partial charge < -0.3 is 10.4 Å². The maximum absolute atomic E-state index is 12.8. The molecule has 0 fully saturated rings. The van der Waals surface area contributed by atoms with Crippen LogP contribution in [0.3, 0.4) is 0 Å². The zero-order valence-corrected chi connectivity index (χ0v) is 9.89. The van der Waals surface area contributed by atoms with Crippen molar-refractivity contribution in [2.24, 2.45) is 0 Å².